The van der Waals surface area contributed by atoms with E-state index in [4.69, 9.17) is 11.6 Å². The molecule has 4 fully saturated rings. The Kier molecular flexibility index (Phi) is 6.22. The van der Waals surface area contributed by atoms with Gasteiger partial charge in [0.1, 0.15) is 5.82 Å². The first-order valence-corrected chi connectivity index (χ1v) is 13.4. The number of carbonyl (C=O) groups is 1. The van der Waals surface area contributed by atoms with Crippen LogP contribution in [0.4, 0.5) is 15.8 Å². The van der Waals surface area contributed by atoms with Gasteiger partial charge < -0.3 is 10.7 Å². The summed E-state index contributed by atoms with van der Waals surface area (Å²) in [6.45, 7) is 4.90. The molecule has 0 saturated heterocycles. The van der Waals surface area contributed by atoms with E-state index in [2.05, 4.69) is 13.8 Å². The molecular formula is C28H42FN3O. The lowest BCUT2D eigenvalue weighted by Crippen LogP contribution is -2.50. The number of hydrogen-bond acceptors (Lipinski definition) is 4. The number of benzene rings is 1. The van der Waals surface area contributed by atoms with E-state index in [0.717, 1.165) is 36.0 Å². The number of nitrogens with two attached hydrogens (primary N) is 2. The second-order valence-corrected chi connectivity index (χ2v) is 12.0. The van der Waals surface area contributed by atoms with Crippen LogP contribution in [0.1, 0.15) is 78.1 Å². The highest BCUT2D eigenvalue weighted by atomic mass is 19.1. The number of hydrazine groups is 1. The smallest absolute Gasteiger partial charge is 0.157 e. The summed E-state index contributed by atoms with van der Waals surface area (Å²) in [5.41, 5.74) is 6.85. The Morgan fingerprint density at radius 1 is 1.09 bits per heavy atom. The molecular weight excluding hydrogens is 413 g/mol. The van der Waals surface area contributed by atoms with Crippen LogP contribution in [-0.4, -0.2) is 12.3 Å². The Balaban J connectivity index is 1.27. The summed E-state index contributed by atoms with van der Waals surface area (Å²) in [5.74, 6) is 11.4. The fraction of sp³-hybridized carbons (Fsp3) is 0.750. The first-order chi connectivity index (χ1) is 15.8. The predicted octanol–water partition coefficient (Wildman–Crippen LogP) is 5.95. The van der Waals surface area contributed by atoms with Gasteiger partial charge in [0.25, 0.3) is 0 Å². The number of carbonyl (C=O) groups excluding carboxylic acids is 1. The second-order valence-electron chi connectivity index (χ2n) is 12.0. The van der Waals surface area contributed by atoms with Crippen LogP contribution < -0.4 is 16.6 Å². The zero-order chi connectivity index (χ0) is 23.3. The van der Waals surface area contributed by atoms with E-state index in [9.17, 15) is 9.18 Å². The van der Waals surface area contributed by atoms with Crippen molar-refractivity contribution in [2.45, 2.75) is 78.1 Å². The van der Waals surface area contributed by atoms with Gasteiger partial charge in [0.2, 0.25) is 0 Å². The molecule has 1 aromatic carbocycles. The Bertz CT molecular complexity index is 890. The van der Waals surface area contributed by atoms with Gasteiger partial charge >= 0.3 is 0 Å². The van der Waals surface area contributed by atoms with E-state index in [-0.39, 0.29) is 29.3 Å². The number of hydrogen-bond donors (Lipinski definition) is 2. The molecule has 0 heterocycles. The van der Waals surface area contributed by atoms with Crippen molar-refractivity contribution < 1.29 is 9.18 Å². The molecule has 5 heteroatoms. The summed E-state index contributed by atoms with van der Waals surface area (Å²) in [7, 11) is 0. The number of rotatable bonds is 5. The second kappa shape index (κ2) is 8.87. The number of nitrogens with zero attached hydrogens (tertiary/aromatic N) is 1. The monoisotopic (exact) mass is 455 g/mol. The Hall–Kier alpha value is -1.62. The van der Waals surface area contributed by atoms with E-state index in [1.807, 2.05) is 0 Å². The normalized spacial score (nSPS) is 39.9. The fourth-order valence-corrected chi connectivity index (χ4v) is 9.00. The Morgan fingerprint density at radius 2 is 1.88 bits per heavy atom. The van der Waals surface area contributed by atoms with Crippen molar-refractivity contribution in [3.63, 3.8) is 0 Å². The molecule has 8 unspecified atom stereocenters. The van der Waals surface area contributed by atoms with Gasteiger partial charge in [-0.1, -0.05) is 26.7 Å². The summed E-state index contributed by atoms with van der Waals surface area (Å²) >= 11 is 0. The van der Waals surface area contributed by atoms with Crippen molar-refractivity contribution >= 4 is 17.2 Å². The molecule has 33 heavy (non-hydrogen) atoms. The lowest BCUT2D eigenvalue weighted by molar-refractivity contribution is -0.129. The molecule has 4 N–H and O–H groups in total. The molecule has 0 bridgehead atoms. The van der Waals surface area contributed by atoms with Gasteiger partial charge in [-0.2, -0.15) is 0 Å². The summed E-state index contributed by atoms with van der Waals surface area (Å²) < 4.78 is 13.4. The third kappa shape index (κ3) is 3.98. The number of halogens is 1. The van der Waals surface area contributed by atoms with Crippen molar-refractivity contribution in [1.82, 2.24) is 0 Å². The highest BCUT2D eigenvalue weighted by Crippen LogP contribution is 2.64. The largest absolute Gasteiger partial charge is 0.397 e. The number of Topliss-reactive ketones (excluding diaryl/α,β-unsaturated/α-hetero) is 1. The zero-order valence-electron chi connectivity index (χ0n) is 20.4. The van der Waals surface area contributed by atoms with Gasteiger partial charge in [-0.3, -0.25) is 4.79 Å². The molecule has 4 aliphatic rings. The standard InChI is InChI=1S/C28H42FN3O/c1-3-17-4-7-20-18(14-17)5-8-22-21(20)12-13-28(2)23(22)9-10-24(28)27(33)16-32(31)26-11-6-19(29)15-25(26)30/h6,11,15,17-18,20-24H,3-5,7-10,12-14,16,30-31H2,1-2H3. The molecule has 5 rings (SSSR count). The SMILES string of the molecule is CCC1CCC2C(CCC3C2CCC2(C)C(C(=O)CN(N)c4ccc(F)cc4N)CCC32)C1. The third-order valence-corrected chi connectivity index (χ3v) is 10.7. The summed E-state index contributed by atoms with van der Waals surface area (Å²) in [6.07, 6.45) is 13.1. The van der Waals surface area contributed by atoms with Crippen LogP contribution in [0, 0.1) is 52.7 Å². The summed E-state index contributed by atoms with van der Waals surface area (Å²) in [6, 6.07) is 4.17. The lowest BCUT2D eigenvalue weighted by Gasteiger charge is -2.56. The van der Waals surface area contributed by atoms with E-state index < -0.39 is 5.82 Å². The van der Waals surface area contributed by atoms with E-state index in [1.165, 1.54) is 74.9 Å². The lowest BCUT2D eigenvalue weighted by atomic mass is 9.49. The average Bonchev–Trinajstić information content (AvgIpc) is 3.15. The zero-order valence-corrected chi connectivity index (χ0v) is 20.4. The quantitative estimate of drug-likeness (QED) is 0.327. The highest BCUT2D eigenvalue weighted by molar-refractivity contribution is 5.87. The van der Waals surface area contributed by atoms with Gasteiger partial charge in [0.15, 0.2) is 5.78 Å². The van der Waals surface area contributed by atoms with Crippen LogP contribution in [0.25, 0.3) is 0 Å². The van der Waals surface area contributed by atoms with E-state index >= 15 is 0 Å². The third-order valence-electron chi connectivity index (χ3n) is 10.7. The average molecular weight is 456 g/mol. The van der Waals surface area contributed by atoms with Gasteiger partial charge in [-0.05, 0) is 110 Å². The Labute approximate surface area is 198 Å². The minimum atomic E-state index is -0.392. The van der Waals surface area contributed by atoms with Crippen molar-refractivity contribution in [3.8, 4) is 0 Å². The van der Waals surface area contributed by atoms with E-state index in [0.29, 0.717) is 11.6 Å². The number of ketones is 1. The van der Waals surface area contributed by atoms with E-state index in [1.54, 1.807) is 6.07 Å². The molecule has 0 aliphatic heterocycles. The summed E-state index contributed by atoms with van der Waals surface area (Å²) in [5, 5.41) is 1.41. The van der Waals surface area contributed by atoms with Gasteiger partial charge in [0, 0.05) is 5.92 Å². The number of fused-ring (bicyclic) bond motifs is 5. The van der Waals surface area contributed by atoms with Crippen LogP contribution in [0.3, 0.4) is 0 Å². The first-order valence-electron chi connectivity index (χ1n) is 13.4. The highest BCUT2D eigenvalue weighted by Gasteiger charge is 2.58. The van der Waals surface area contributed by atoms with Gasteiger partial charge in [-0.15, -0.1) is 0 Å². The molecule has 0 amide bonds. The number of nitrogen functional groups attached to an aromatic ring is 1. The van der Waals surface area contributed by atoms with Crippen LogP contribution in [0.2, 0.25) is 0 Å². The molecule has 4 aliphatic carbocycles. The molecule has 8 atom stereocenters. The van der Waals surface area contributed by atoms with Crippen molar-refractivity contribution in [2.75, 3.05) is 17.3 Å². The topological polar surface area (TPSA) is 72.3 Å². The van der Waals surface area contributed by atoms with Gasteiger partial charge in [0.05, 0.1) is 17.9 Å². The van der Waals surface area contributed by atoms with Crippen LogP contribution in [0.5, 0.6) is 0 Å². The molecule has 0 aromatic heterocycles. The maximum Gasteiger partial charge on any atom is 0.157 e. The molecule has 0 spiro atoms. The van der Waals surface area contributed by atoms with Crippen LogP contribution >= 0.6 is 0 Å². The summed E-state index contributed by atoms with van der Waals surface area (Å²) in [4.78, 5) is 13.5. The number of anilines is 2. The molecule has 1 aromatic rings. The maximum absolute atomic E-state index is 13.5. The minimum absolute atomic E-state index is 0.0738. The minimum Gasteiger partial charge on any atom is -0.397 e. The van der Waals surface area contributed by atoms with Crippen LogP contribution in [0.15, 0.2) is 18.2 Å². The predicted molar refractivity (Wildman–Crippen MR) is 132 cm³/mol. The molecule has 182 valence electrons. The first kappa shape index (κ1) is 23.1. The molecule has 0 radical (unpaired) electrons. The molecule has 4 saturated carbocycles. The van der Waals surface area contributed by atoms with Crippen LogP contribution in [-0.2, 0) is 4.79 Å². The van der Waals surface area contributed by atoms with Gasteiger partial charge in [-0.25, -0.2) is 10.2 Å². The van der Waals surface area contributed by atoms with Crippen molar-refractivity contribution in [3.05, 3.63) is 24.0 Å². The van der Waals surface area contributed by atoms with Crippen molar-refractivity contribution in [2.24, 2.45) is 52.7 Å². The molecule has 4 nitrogen and oxygen atoms in total. The fourth-order valence-electron chi connectivity index (χ4n) is 9.00. The van der Waals surface area contributed by atoms with Crippen molar-refractivity contribution in [1.29, 1.82) is 0 Å². The Morgan fingerprint density at radius 3 is 2.64 bits per heavy atom. The maximum atomic E-state index is 13.5.